The van der Waals surface area contributed by atoms with Gasteiger partial charge < -0.3 is 24.6 Å². The maximum absolute atomic E-state index is 13.1. The number of nitrogens with zero attached hydrogens (tertiary/aromatic N) is 7. The van der Waals surface area contributed by atoms with Gasteiger partial charge in [-0.25, -0.2) is 9.97 Å². The molecule has 0 bridgehead atoms. The molecular formula is C42H53N9O3. The Morgan fingerprint density at radius 2 is 1.63 bits per heavy atom. The number of aromatic nitrogens is 4. The van der Waals surface area contributed by atoms with E-state index in [1.165, 1.54) is 69.3 Å². The third-order valence-corrected chi connectivity index (χ3v) is 12.3. The molecule has 1 aliphatic carbocycles. The van der Waals surface area contributed by atoms with Crippen LogP contribution in [0.4, 0.5) is 17.5 Å². The summed E-state index contributed by atoms with van der Waals surface area (Å²) in [6.07, 6.45) is 16.3. The summed E-state index contributed by atoms with van der Waals surface area (Å²) in [5.41, 5.74) is 4.94. The lowest BCUT2D eigenvalue weighted by Gasteiger charge is -2.42. The van der Waals surface area contributed by atoms with Crippen LogP contribution >= 0.6 is 0 Å². The molecule has 4 aromatic rings. The summed E-state index contributed by atoms with van der Waals surface area (Å²) >= 11 is 0. The highest BCUT2D eigenvalue weighted by atomic mass is 16.2. The number of amides is 3. The predicted molar refractivity (Wildman–Crippen MR) is 210 cm³/mol. The second kappa shape index (κ2) is 15.9. The molecule has 3 amide bonds. The lowest BCUT2D eigenvalue weighted by molar-refractivity contribution is -0.134. The third kappa shape index (κ3) is 7.85. The van der Waals surface area contributed by atoms with Gasteiger partial charge in [0, 0.05) is 69.2 Å². The minimum atomic E-state index is -0.231. The molecule has 54 heavy (non-hydrogen) atoms. The van der Waals surface area contributed by atoms with E-state index in [1.807, 2.05) is 18.3 Å². The molecule has 4 fully saturated rings. The van der Waals surface area contributed by atoms with Gasteiger partial charge in [-0.2, -0.15) is 4.98 Å². The average molecular weight is 732 g/mol. The van der Waals surface area contributed by atoms with E-state index in [4.69, 9.17) is 9.97 Å². The number of hydrogen-bond donors (Lipinski definition) is 2. The maximum Gasteiger partial charge on any atom is 0.270 e. The number of fused-ring (bicyclic) bond motifs is 1. The number of pyridine rings is 1. The highest BCUT2D eigenvalue weighted by Crippen LogP contribution is 2.35. The first-order valence-electron chi connectivity index (χ1n) is 20.0. The molecule has 8 rings (SSSR count). The molecule has 0 radical (unpaired) electrons. The fraction of sp³-hybridized carbons (Fsp3) is 0.524. The number of carbonyl (C=O) groups excluding carboxylic acids is 3. The van der Waals surface area contributed by atoms with Gasteiger partial charge in [0.05, 0.1) is 5.92 Å². The molecular weight excluding hydrogens is 679 g/mol. The fourth-order valence-electron chi connectivity index (χ4n) is 9.15. The second-order valence-electron chi connectivity index (χ2n) is 16.0. The standard InChI is InChI=1S/C42H53N9O3/c1-48(2)41(54)36-25-31-27-44-42(47-39(31)51(36)34-5-3-4-6-34)45-37-15-9-29(26-43-37)8-7-28-17-21-49(22-18-28)33-19-23-50(24-20-33)32-12-10-30(11-13-32)35-14-16-38(52)46-40(35)53/h9-13,15,25-28,33-35H,3-8,14,16-24H2,1-2H3,(H,46,52,53)(H,43,44,45,47). The first kappa shape index (κ1) is 36.2. The summed E-state index contributed by atoms with van der Waals surface area (Å²) in [7, 11) is 3.58. The van der Waals surface area contributed by atoms with Crippen LogP contribution in [0.5, 0.6) is 0 Å². The Morgan fingerprint density at radius 3 is 2.31 bits per heavy atom. The van der Waals surface area contributed by atoms with Crippen molar-refractivity contribution in [3.05, 3.63) is 71.7 Å². The topological polar surface area (TPSA) is 129 Å². The average Bonchev–Trinajstić information content (AvgIpc) is 3.86. The molecule has 1 unspecified atom stereocenters. The molecule has 12 nitrogen and oxygen atoms in total. The lowest BCUT2D eigenvalue weighted by atomic mass is 9.89. The molecule has 4 aliphatic rings. The molecule has 1 atom stereocenters. The minimum absolute atomic E-state index is 0.0104. The van der Waals surface area contributed by atoms with Crippen molar-refractivity contribution in [2.45, 2.75) is 95.1 Å². The zero-order chi connectivity index (χ0) is 37.2. The van der Waals surface area contributed by atoms with Gasteiger partial charge in [-0.05, 0) is 112 Å². The summed E-state index contributed by atoms with van der Waals surface area (Å²) < 4.78 is 2.14. The Kier molecular flexibility index (Phi) is 10.6. The summed E-state index contributed by atoms with van der Waals surface area (Å²) in [6.45, 7) is 4.45. The van der Waals surface area contributed by atoms with Crippen molar-refractivity contribution in [2.75, 3.05) is 50.5 Å². The zero-order valence-electron chi connectivity index (χ0n) is 31.7. The molecule has 1 aromatic carbocycles. The van der Waals surface area contributed by atoms with Gasteiger partial charge in [-0.3, -0.25) is 19.7 Å². The molecule has 3 saturated heterocycles. The van der Waals surface area contributed by atoms with Crippen LogP contribution in [-0.2, 0) is 16.0 Å². The van der Waals surface area contributed by atoms with Crippen LogP contribution in [0.15, 0.2) is 54.9 Å². The number of nitrogens with one attached hydrogen (secondary N) is 2. The normalized spacial score (nSPS) is 20.8. The molecule has 2 N–H and O–H groups in total. The summed E-state index contributed by atoms with van der Waals surface area (Å²) in [5, 5.41) is 6.65. The van der Waals surface area contributed by atoms with Crippen molar-refractivity contribution in [3.63, 3.8) is 0 Å². The maximum atomic E-state index is 13.1. The predicted octanol–water partition coefficient (Wildman–Crippen LogP) is 6.22. The number of benzene rings is 1. The number of piperidine rings is 3. The van der Waals surface area contributed by atoms with Gasteiger partial charge in [0.1, 0.15) is 17.2 Å². The molecule has 1 saturated carbocycles. The number of likely N-dealkylation sites (tertiary alicyclic amines) is 1. The number of anilines is 3. The molecule has 3 aliphatic heterocycles. The molecule has 12 heteroatoms. The van der Waals surface area contributed by atoms with E-state index in [0.29, 0.717) is 36.3 Å². The number of hydrogen-bond acceptors (Lipinski definition) is 9. The number of aryl methyl sites for hydroxylation is 1. The highest BCUT2D eigenvalue weighted by Gasteiger charge is 2.31. The van der Waals surface area contributed by atoms with Crippen molar-refractivity contribution in [2.24, 2.45) is 5.92 Å². The number of imide groups is 1. The summed E-state index contributed by atoms with van der Waals surface area (Å²) in [5.74, 6) is 1.35. The largest absolute Gasteiger partial charge is 0.371 e. The van der Waals surface area contributed by atoms with E-state index in [-0.39, 0.29) is 29.7 Å². The van der Waals surface area contributed by atoms with E-state index in [2.05, 4.69) is 60.3 Å². The van der Waals surface area contributed by atoms with Crippen molar-refractivity contribution < 1.29 is 14.4 Å². The van der Waals surface area contributed by atoms with E-state index in [9.17, 15) is 14.4 Å². The number of rotatable bonds is 10. The van der Waals surface area contributed by atoms with Crippen molar-refractivity contribution >= 4 is 46.2 Å². The van der Waals surface area contributed by atoms with Crippen LogP contribution in [0, 0.1) is 5.92 Å². The van der Waals surface area contributed by atoms with Gasteiger partial charge in [0.2, 0.25) is 17.8 Å². The number of carbonyl (C=O) groups is 3. The fourth-order valence-corrected chi connectivity index (χ4v) is 9.15. The van der Waals surface area contributed by atoms with Crippen LogP contribution in [0.25, 0.3) is 11.0 Å². The first-order valence-corrected chi connectivity index (χ1v) is 20.0. The van der Waals surface area contributed by atoms with Crippen LogP contribution < -0.4 is 15.5 Å². The van der Waals surface area contributed by atoms with Gasteiger partial charge >= 0.3 is 0 Å². The molecule has 0 spiro atoms. The quantitative estimate of drug-likeness (QED) is 0.183. The van der Waals surface area contributed by atoms with E-state index in [0.717, 1.165) is 54.9 Å². The van der Waals surface area contributed by atoms with E-state index in [1.54, 1.807) is 25.2 Å². The minimum Gasteiger partial charge on any atom is -0.371 e. The van der Waals surface area contributed by atoms with Gasteiger partial charge in [0.15, 0.2) is 0 Å². The smallest absolute Gasteiger partial charge is 0.270 e. The monoisotopic (exact) mass is 731 g/mol. The molecule has 3 aromatic heterocycles. The highest BCUT2D eigenvalue weighted by molar-refractivity contribution is 6.01. The second-order valence-corrected chi connectivity index (χ2v) is 16.0. The van der Waals surface area contributed by atoms with Gasteiger partial charge in [0.25, 0.3) is 5.91 Å². The Morgan fingerprint density at radius 1 is 0.870 bits per heavy atom. The van der Waals surface area contributed by atoms with Crippen LogP contribution in [0.2, 0.25) is 0 Å². The summed E-state index contributed by atoms with van der Waals surface area (Å²) in [6, 6.07) is 15.4. The third-order valence-electron chi connectivity index (χ3n) is 12.3. The zero-order valence-corrected chi connectivity index (χ0v) is 31.7. The first-order chi connectivity index (χ1) is 26.3. The Bertz CT molecular complexity index is 1950. The molecule has 6 heterocycles. The molecule has 284 valence electrons. The van der Waals surface area contributed by atoms with Crippen LogP contribution in [-0.4, -0.2) is 93.4 Å². The van der Waals surface area contributed by atoms with Gasteiger partial charge in [-0.15, -0.1) is 0 Å². The van der Waals surface area contributed by atoms with Crippen molar-refractivity contribution in [1.82, 2.24) is 34.6 Å². The summed E-state index contributed by atoms with van der Waals surface area (Å²) in [4.78, 5) is 57.8. The van der Waals surface area contributed by atoms with Crippen LogP contribution in [0.3, 0.4) is 0 Å². The van der Waals surface area contributed by atoms with E-state index >= 15 is 0 Å². The van der Waals surface area contributed by atoms with Crippen LogP contribution in [0.1, 0.15) is 104 Å². The van der Waals surface area contributed by atoms with Gasteiger partial charge in [-0.1, -0.05) is 31.0 Å². The van der Waals surface area contributed by atoms with Crippen molar-refractivity contribution in [3.8, 4) is 0 Å². The Labute approximate surface area is 317 Å². The Hall–Kier alpha value is -4.84. The Balaban J connectivity index is 0.789. The van der Waals surface area contributed by atoms with Crippen molar-refractivity contribution in [1.29, 1.82) is 0 Å². The van der Waals surface area contributed by atoms with E-state index < -0.39 is 0 Å². The SMILES string of the molecule is CN(C)C(=O)c1cc2cnc(Nc3ccc(CCC4CCN(C5CCN(c6ccc(C7CCC(=O)NC7=O)cc6)CC5)CC4)cn3)nc2n1C1CCCC1. The lowest BCUT2D eigenvalue weighted by Crippen LogP contribution is -2.47.